The van der Waals surface area contributed by atoms with E-state index in [-0.39, 0.29) is 17.2 Å². The molecule has 0 aromatic carbocycles. The van der Waals surface area contributed by atoms with Gasteiger partial charge in [-0.05, 0) is 18.8 Å². The smallest absolute Gasteiger partial charge is 0.212 e. The first-order valence-electron chi connectivity index (χ1n) is 5.61. The highest BCUT2D eigenvalue weighted by atomic mass is 32.2. The predicted molar refractivity (Wildman–Crippen MR) is 62.0 cm³/mol. The van der Waals surface area contributed by atoms with Crippen molar-refractivity contribution in [1.29, 1.82) is 0 Å². The molecule has 0 aromatic rings. The van der Waals surface area contributed by atoms with Gasteiger partial charge in [-0.1, -0.05) is 26.7 Å². The number of nitrogens with two attached hydrogens (primary N) is 1. The molecule has 1 aliphatic carbocycles. The molecular weight excluding hydrogens is 212 g/mol. The Morgan fingerprint density at radius 3 is 2.27 bits per heavy atom. The van der Waals surface area contributed by atoms with Crippen molar-refractivity contribution < 1.29 is 8.42 Å². The highest BCUT2D eigenvalue weighted by Crippen LogP contribution is 2.29. The minimum absolute atomic E-state index is 0.152. The van der Waals surface area contributed by atoms with Crippen LogP contribution in [0.25, 0.3) is 0 Å². The minimum Gasteiger partial charge on any atom is -0.329 e. The first-order chi connectivity index (χ1) is 6.89. The number of hydrogen-bond donors (Lipinski definition) is 2. The van der Waals surface area contributed by atoms with E-state index in [0.717, 1.165) is 25.7 Å². The number of sulfonamides is 1. The van der Waals surface area contributed by atoms with Crippen molar-refractivity contribution in [3.63, 3.8) is 0 Å². The van der Waals surface area contributed by atoms with Crippen molar-refractivity contribution in [3.8, 4) is 0 Å². The van der Waals surface area contributed by atoms with Crippen LogP contribution in [0.3, 0.4) is 0 Å². The van der Waals surface area contributed by atoms with Crippen molar-refractivity contribution in [3.05, 3.63) is 0 Å². The van der Waals surface area contributed by atoms with E-state index >= 15 is 0 Å². The van der Waals surface area contributed by atoms with Gasteiger partial charge in [0.05, 0.1) is 5.75 Å². The molecular formula is C10H22N2O2S. The van der Waals surface area contributed by atoms with Gasteiger partial charge in [0.15, 0.2) is 0 Å². The number of hydrogen-bond acceptors (Lipinski definition) is 3. The summed E-state index contributed by atoms with van der Waals surface area (Å²) in [7, 11) is -3.16. The molecule has 0 spiro atoms. The van der Waals surface area contributed by atoms with Gasteiger partial charge in [-0.15, -0.1) is 0 Å². The molecule has 0 atom stereocenters. The van der Waals surface area contributed by atoms with Crippen LogP contribution < -0.4 is 10.5 Å². The lowest BCUT2D eigenvalue weighted by Crippen LogP contribution is -2.52. The maximum absolute atomic E-state index is 11.8. The van der Waals surface area contributed by atoms with Crippen LogP contribution in [0.2, 0.25) is 0 Å². The maximum Gasteiger partial charge on any atom is 0.212 e. The summed E-state index contributed by atoms with van der Waals surface area (Å²) in [6.45, 7) is 4.22. The molecule has 0 aliphatic heterocycles. The van der Waals surface area contributed by atoms with Crippen LogP contribution in [-0.4, -0.2) is 26.3 Å². The van der Waals surface area contributed by atoms with E-state index in [2.05, 4.69) is 4.72 Å². The Kier molecular flexibility index (Phi) is 4.14. The zero-order valence-corrected chi connectivity index (χ0v) is 10.4. The molecule has 0 amide bonds. The second-order valence-corrected chi connectivity index (χ2v) is 6.74. The summed E-state index contributed by atoms with van der Waals surface area (Å²) in [6.07, 6.45) is 3.89. The maximum atomic E-state index is 11.8. The molecule has 90 valence electrons. The van der Waals surface area contributed by atoms with Gasteiger partial charge in [0.2, 0.25) is 10.0 Å². The van der Waals surface area contributed by atoms with E-state index < -0.39 is 10.0 Å². The average molecular weight is 234 g/mol. The molecule has 4 nitrogen and oxygen atoms in total. The Hall–Kier alpha value is -0.130. The highest BCUT2D eigenvalue weighted by Gasteiger charge is 2.36. The van der Waals surface area contributed by atoms with E-state index in [1.165, 1.54) is 0 Å². The Bertz CT molecular complexity index is 293. The van der Waals surface area contributed by atoms with Crippen LogP contribution in [0.5, 0.6) is 0 Å². The van der Waals surface area contributed by atoms with E-state index in [1.807, 2.05) is 13.8 Å². The van der Waals surface area contributed by atoms with Crippen LogP contribution >= 0.6 is 0 Å². The average Bonchev–Trinajstić information content (AvgIpc) is 2.50. The van der Waals surface area contributed by atoms with Crippen molar-refractivity contribution in [2.75, 3.05) is 12.3 Å². The molecule has 1 rings (SSSR count). The van der Waals surface area contributed by atoms with Crippen LogP contribution in [0.1, 0.15) is 39.5 Å². The third-order valence-corrected chi connectivity index (χ3v) is 4.73. The van der Waals surface area contributed by atoms with Gasteiger partial charge in [0.1, 0.15) is 0 Å². The summed E-state index contributed by atoms with van der Waals surface area (Å²) in [5.74, 6) is 0.341. The number of nitrogens with one attached hydrogen (secondary N) is 1. The van der Waals surface area contributed by atoms with Gasteiger partial charge in [0, 0.05) is 12.1 Å². The second-order valence-electron chi connectivity index (χ2n) is 4.97. The molecule has 0 unspecified atom stereocenters. The van der Waals surface area contributed by atoms with E-state index in [9.17, 15) is 8.42 Å². The zero-order valence-electron chi connectivity index (χ0n) is 9.62. The molecule has 1 fully saturated rings. The number of rotatable bonds is 5. The molecule has 0 saturated heterocycles. The fourth-order valence-electron chi connectivity index (χ4n) is 2.21. The second kappa shape index (κ2) is 4.80. The standard InChI is InChI=1S/C10H22N2O2S/c1-9(2)7-15(13,14)12-10(8-11)5-3-4-6-10/h9,12H,3-8,11H2,1-2H3. The summed E-state index contributed by atoms with van der Waals surface area (Å²) < 4.78 is 26.4. The van der Waals surface area contributed by atoms with Crippen LogP contribution in [-0.2, 0) is 10.0 Å². The predicted octanol–water partition coefficient (Wildman–Crippen LogP) is 0.833. The van der Waals surface area contributed by atoms with Crippen LogP contribution in [0.4, 0.5) is 0 Å². The summed E-state index contributed by atoms with van der Waals surface area (Å²) >= 11 is 0. The third-order valence-electron chi connectivity index (χ3n) is 2.88. The van der Waals surface area contributed by atoms with E-state index in [0.29, 0.717) is 6.54 Å². The first kappa shape index (κ1) is 12.9. The Balaban J connectivity index is 2.66. The third kappa shape index (κ3) is 3.74. The van der Waals surface area contributed by atoms with Gasteiger partial charge in [-0.25, -0.2) is 13.1 Å². The van der Waals surface area contributed by atoms with E-state index in [4.69, 9.17) is 5.73 Å². The molecule has 0 radical (unpaired) electrons. The van der Waals surface area contributed by atoms with Crippen molar-refractivity contribution >= 4 is 10.0 Å². The summed E-state index contributed by atoms with van der Waals surface area (Å²) in [6, 6.07) is 0. The zero-order chi connectivity index (χ0) is 11.5. The van der Waals surface area contributed by atoms with Gasteiger partial charge in [-0.2, -0.15) is 0 Å². The Labute approximate surface area is 92.7 Å². The molecule has 3 N–H and O–H groups in total. The SMILES string of the molecule is CC(C)CS(=O)(=O)NC1(CN)CCCC1. The van der Waals surface area contributed by atoms with Gasteiger partial charge in [0.25, 0.3) is 0 Å². The lowest BCUT2D eigenvalue weighted by molar-refractivity contribution is 0.398. The van der Waals surface area contributed by atoms with Gasteiger partial charge >= 0.3 is 0 Å². The molecule has 0 heterocycles. The molecule has 0 bridgehead atoms. The Morgan fingerprint density at radius 1 is 1.33 bits per heavy atom. The summed E-state index contributed by atoms with van der Waals surface area (Å²) in [5, 5.41) is 0. The Morgan fingerprint density at radius 2 is 1.87 bits per heavy atom. The monoisotopic (exact) mass is 234 g/mol. The van der Waals surface area contributed by atoms with Crippen LogP contribution in [0, 0.1) is 5.92 Å². The first-order valence-corrected chi connectivity index (χ1v) is 7.26. The fraction of sp³-hybridized carbons (Fsp3) is 1.00. The van der Waals surface area contributed by atoms with Crippen LogP contribution in [0.15, 0.2) is 0 Å². The van der Waals surface area contributed by atoms with E-state index in [1.54, 1.807) is 0 Å². The molecule has 0 aromatic heterocycles. The summed E-state index contributed by atoms with van der Waals surface area (Å²) in [5.41, 5.74) is 5.33. The lowest BCUT2D eigenvalue weighted by Gasteiger charge is -2.28. The molecule has 1 aliphatic rings. The topological polar surface area (TPSA) is 72.2 Å². The van der Waals surface area contributed by atoms with Crippen molar-refractivity contribution in [1.82, 2.24) is 4.72 Å². The normalized spacial score (nSPS) is 21.1. The van der Waals surface area contributed by atoms with Crippen molar-refractivity contribution in [2.45, 2.75) is 45.1 Å². The molecule has 1 saturated carbocycles. The van der Waals surface area contributed by atoms with Crippen molar-refractivity contribution in [2.24, 2.45) is 11.7 Å². The molecule has 15 heavy (non-hydrogen) atoms. The quantitative estimate of drug-likeness (QED) is 0.740. The highest BCUT2D eigenvalue weighted by molar-refractivity contribution is 7.89. The van der Waals surface area contributed by atoms with Gasteiger partial charge in [-0.3, -0.25) is 0 Å². The summed E-state index contributed by atoms with van der Waals surface area (Å²) in [4.78, 5) is 0. The lowest BCUT2D eigenvalue weighted by atomic mass is 10.0. The fourth-order valence-corrected chi connectivity index (χ4v) is 4.12. The van der Waals surface area contributed by atoms with Gasteiger partial charge < -0.3 is 5.73 Å². The largest absolute Gasteiger partial charge is 0.329 e. The molecule has 5 heteroatoms. The minimum atomic E-state index is -3.16.